The highest BCUT2D eigenvalue weighted by Gasteiger charge is 2.41. The van der Waals surface area contributed by atoms with E-state index in [1.165, 1.54) is 12.2 Å². The molecule has 9 nitrogen and oxygen atoms in total. The molecule has 3 aliphatic heterocycles. The van der Waals surface area contributed by atoms with E-state index in [1.54, 1.807) is 66.7 Å². The van der Waals surface area contributed by atoms with Gasteiger partial charge in [-0.05, 0) is 65.6 Å². The Morgan fingerprint density at radius 2 is 0.977 bits per heavy atom. The number of rotatable bonds is 6. The van der Waals surface area contributed by atoms with E-state index in [9.17, 15) is 28.8 Å². The average Bonchev–Trinajstić information content (AvgIpc) is 3.58. The SMILES string of the molecule is O=C1c2ccccc2C(=O)N1Cc1cccc2c1C(=O)N(c1ccc(Cc3ccc(N4C(=O)C=CC4=O)cc3)cc1)C2=O. The van der Waals surface area contributed by atoms with E-state index in [4.69, 9.17) is 0 Å². The van der Waals surface area contributed by atoms with Gasteiger partial charge in [-0.2, -0.15) is 0 Å². The molecule has 0 bridgehead atoms. The van der Waals surface area contributed by atoms with Crippen LogP contribution in [0.1, 0.15) is 58.1 Å². The predicted octanol–water partition coefficient (Wildman–Crippen LogP) is 4.30. The lowest BCUT2D eigenvalue weighted by atomic mass is 10.0. The maximum absolute atomic E-state index is 13.6. The van der Waals surface area contributed by atoms with Crippen LogP contribution in [0.5, 0.6) is 0 Å². The predicted molar refractivity (Wildman–Crippen MR) is 156 cm³/mol. The van der Waals surface area contributed by atoms with E-state index in [2.05, 4.69) is 0 Å². The smallest absolute Gasteiger partial charge is 0.266 e. The number of imide groups is 3. The molecule has 0 saturated heterocycles. The second-order valence-corrected chi connectivity index (χ2v) is 10.4. The monoisotopic (exact) mass is 567 g/mol. The van der Waals surface area contributed by atoms with Crippen molar-refractivity contribution in [2.45, 2.75) is 13.0 Å². The molecule has 0 radical (unpaired) electrons. The average molecular weight is 568 g/mol. The molecule has 208 valence electrons. The Morgan fingerprint density at radius 3 is 1.53 bits per heavy atom. The van der Waals surface area contributed by atoms with Crippen LogP contribution < -0.4 is 9.80 Å². The molecule has 0 N–H and O–H groups in total. The maximum Gasteiger partial charge on any atom is 0.266 e. The van der Waals surface area contributed by atoms with Gasteiger partial charge in [-0.3, -0.25) is 33.7 Å². The van der Waals surface area contributed by atoms with Gasteiger partial charge in [-0.25, -0.2) is 9.80 Å². The van der Waals surface area contributed by atoms with E-state index in [0.29, 0.717) is 34.5 Å². The Kier molecular flexibility index (Phi) is 5.95. The van der Waals surface area contributed by atoms with Crippen LogP contribution in [0.3, 0.4) is 0 Å². The molecule has 0 saturated carbocycles. The fraction of sp³-hybridized carbons (Fsp3) is 0.0588. The third-order valence-electron chi connectivity index (χ3n) is 7.81. The lowest BCUT2D eigenvalue weighted by molar-refractivity contribution is -0.120. The molecule has 6 amide bonds. The number of hydrogen-bond acceptors (Lipinski definition) is 6. The summed E-state index contributed by atoms with van der Waals surface area (Å²) in [6.45, 7) is -0.128. The first-order chi connectivity index (χ1) is 20.8. The Hall–Kier alpha value is -5.96. The zero-order valence-corrected chi connectivity index (χ0v) is 22.5. The minimum atomic E-state index is -0.518. The molecular weight excluding hydrogens is 546 g/mol. The molecule has 9 heteroatoms. The second-order valence-electron chi connectivity index (χ2n) is 10.4. The van der Waals surface area contributed by atoms with Crippen molar-refractivity contribution in [2.24, 2.45) is 0 Å². The fourth-order valence-electron chi connectivity index (χ4n) is 5.69. The van der Waals surface area contributed by atoms with Crippen molar-refractivity contribution < 1.29 is 28.8 Å². The van der Waals surface area contributed by atoms with Gasteiger partial charge in [0.2, 0.25) is 0 Å². The molecule has 0 atom stereocenters. The first kappa shape index (κ1) is 26.0. The number of nitrogens with zero attached hydrogens (tertiary/aromatic N) is 3. The highest BCUT2D eigenvalue weighted by Crippen LogP contribution is 2.33. The zero-order valence-electron chi connectivity index (χ0n) is 22.5. The maximum atomic E-state index is 13.6. The van der Waals surface area contributed by atoms with Gasteiger partial charge >= 0.3 is 0 Å². The van der Waals surface area contributed by atoms with E-state index in [-0.39, 0.29) is 29.5 Å². The number of fused-ring (bicyclic) bond motifs is 2. The van der Waals surface area contributed by atoms with Crippen molar-refractivity contribution >= 4 is 46.8 Å². The van der Waals surface area contributed by atoms with Crippen LogP contribution in [-0.4, -0.2) is 40.3 Å². The number of benzene rings is 4. The van der Waals surface area contributed by atoms with E-state index in [1.807, 2.05) is 24.3 Å². The summed E-state index contributed by atoms with van der Waals surface area (Å²) in [5, 5.41) is 0. The lowest BCUT2D eigenvalue weighted by Gasteiger charge is -2.17. The van der Waals surface area contributed by atoms with Gasteiger partial charge in [-0.15, -0.1) is 0 Å². The first-order valence-corrected chi connectivity index (χ1v) is 13.5. The van der Waals surface area contributed by atoms with Gasteiger partial charge in [0, 0.05) is 12.2 Å². The number of amides is 6. The third-order valence-corrected chi connectivity index (χ3v) is 7.81. The fourth-order valence-corrected chi connectivity index (χ4v) is 5.69. The highest BCUT2D eigenvalue weighted by atomic mass is 16.2. The molecular formula is C34H21N3O6. The molecule has 0 aromatic heterocycles. The van der Waals surface area contributed by atoms with E-state index < -0.39 is 23.6 Å². The zero-order chi connectivity index (χ0) is 29.8. The number of carbonyl (C=O) groups is 6. The van der Waals surface area contributed by atoms with Crippen molar-refractivity contribution in [1.29, 1.82) is 0 Å². The second kappa shape index (κ2) is 9.85. The lowest BCUT2D eigenvalue weighted by Crippen LogP contribution is -2.31. The summed E-state index contributed by atoms with van der Waals surface area (Å²) in [5.74, 6) is -2.63. The quantitative estimate of drug-likeness (QED) is 0.321. The van der Waals surface area contributed by atoms with Crippen molar-refractivity contribution in [3.05, 3.63) is 142 Å². The van der Waals surface area contributed by atoms with Crippen molar-refractivity contribution in [1.82, 2.24) is 4.90 Å². The van der Waals surface area contributed by atoms with Crippen molar-refractivity contribution in [2.75, 3.05) is 9.80 Å². The molecule has 43 heavy (non-hydrogen) atoms. The minimum absolute atomic E-state index is 0.128. The number of carbonyl (C=O) groups excluding carboxylic acids is 6. The minimum Gasteiger partial charge on any atom is -0.270 e. The molecule has 4 aromatic carbocycles. The molecule has 0 aliphatic carbocycles. The summed E-state index contributed by atoms with van der Waals surface area (Å²) in [6.07, 6.45) is 3.02. The highest BCUT2D eigenvalue weighted by molar-refractivity contribution is 6.35. The first-order valence-electron chi connectivity index (χ1n) is 13.5. The topological polar surface area (TPSA) is 112 Å². The normalized spacial score (nSPS) is 15.7. The molecule has 0 unspecified atom stereocenters. The molecule has 7 rings (SSSR count). The Bertz CT molecular complexity index is 1890. The third kappa shape index (κ3) is 4.17. The molecule has 0 fully saturated rings. The molecule has 3 aliphatic rings. The van der Waals surface area contributed by atoms with Crippen LogP contribution in [0.15, 0.2) is 103 Å². The van der Waals surface area contributed by atoms with Crippen LogP contribution in [-0.2, 0) is 22.6 Å². The van der Waals surface area contributed by atoms with Crippen molar-refractivity contribution in [3.63, 3.8) is 0 Å². The van der Waals surface area contributed by atoms with Gasteiger partial charge in [0.15, 0.2) is 0 Å². The van der Waals surface area contributed by atoms with Crippen LogP contribution in [0.25, 0.3) is 0 Å². The van der Waals surface area contributed by atoms with Gasteiger partial charge in [0.05, 0.1) is 40.2 Å². The largest absolute Gasteiger partial charge is 0.270 e. The molecule has 0 spiro atoms. The summed E-state index contributed by atoms with van der Waals surface area (Å²) in [5.41, 5.74) is 4.20. The van der Waals surface area contributed by atoms with Gasteiger partial charge in [0.1, 0.15) is 0 Å². The van der Waals surface area contributed by atoms with Crippen LogP contribution in [0.2, 0.25) is 0 Å². The van der Waals surface area contributed by atoms with E-state index >= 15 is 0 Å². The summed E-state index contributed by atoms with van der Waals surface area (Å²) < 4.78 is 0. The summed E-state index contributed by atoms with van der Waals surface area (Å²) >= 11 is 0. The summed E-state index contributed by atoms with van der Waals surface area (Å²) in [4.78, 5) is 80.0. The molecule has 4 aromatic rings. The summed E-state index contributed by atoms with van der Waals surface area (Å²) in [7, 11) is 0. The van der Waals surface area contributed by atoms with Gasteiger partial charge in [0.25, 0.3) is 35.4 Å². The van der Waals surface area contributed by atoms with Gasteiger partial charge in [-0.1, -0.05) is 48.5 Å². The van der Waals surface area contributed by atoms with E-state index in [0.717, 1.165) is 25.8 Å². The molecule has 3 heterocycles. The summed E-state index contributed by atoms with van der Waals surface area (Å²) in [6, 6.07) is 25.6. The number of hydrogen-bond donors (Lipinski definition) is 0. The van der Waals surface area contributed by atoms with Crippen LogP contribution in [0, 0.1) is 0 Å². The Balaban J connectivity index is 1.09. The number of anilines is 2. The Labute approximate surface area is 245 Å². The van der Waals surface area contributed by atoms with Gasteiger partial charge < -0.3 is 0 Å². The Morgan fingerprint density at radius 1 is 0.465 bits per heavy atom. The van der Waals surface area contributed by atoms with Crippen molar-refractivity contribution in [3.8, 4) is 0 Å². The van der Waals surface area contributed by atoms with Crippen LogP contribution in [0.4, 0.5) is 11.4 Å². The standard InChI is InChI=1S/C34H21N3O6/c38-28-16-17-29(39)36(28)23-12-8-20(9-13-23)18-21-10-14-24(15-11-21)37-33(42)27-7-3-4-22(30(27)34(37)43)19-35-31(40)25-5-1-2-6-26(25)32(35)41/h1-17H,18-19H2. The van der Waals surface area contributed by atoms with Crippen LogP contribution >= 0.6 is 0 Å².